The summed E-state index contributed by atoms with van der Waals surface area (Å²) < 4.78 is 0. The van der Waals surface area contributed by atoms with Crippen LogP contribution in [0.3, 0.4) is 0 Å². The van der Waals surface area contributed by atoms with Crippen LogP contribution in [-0.4, -0.2) is 126 Å². The number of thiol groups is 2. The van der Waals surface area contributed by atoms with Gasteiger partial charge in [-0.1, -0.05) is 0 Å². The molecule has 20 N–H and O–H groups in total. The number of nitrogens with zero attached hydrogens (tertiary/aromatic N) is 2. The maximum Gasteiger partial charge on any atom is 0.326 e. The Morgan fingerprint density at radius 3 is 1.34 bits per heavy atom. The Kier molecular flexibility index (Phi) is 24.8. The van der Waals surface area contributed by atoms with Gasteiger partial charge in [0.25, 0.3) is 0 Å². The number of hydrogen-bond donors (Lipinski definition) is 15. The van der Waals surface area contributed by atoms with Crippen molar-refractivity contribution in [2.24, 2.45) is 50.1 Å². The summed E-state index contributed by atoms with van der Waals surface area (Å²) >= 11 is 8.11. The number of nitrogens with one attached hydrogen (secondary N) is 5. The summed E-state index contributed by atoms with van der Waals surface area (Å²) in [4.78, 5) is 97.1. The molecule has 0 heterocycles. The molecule has 0 aromatic rings. The lowest BCUT2D eigenvalue weighted by atomic mass is 10.1. The number of carbonyl (C=O) groups is 7. The van der Waals surface area contributed by atoms with Crippen LogP contribution in [-0.2, 0) is 33.6 Å². The van der Waals surface area contributed by atoms with Crippen LogP contribution in [0.1, 0.15) is 57.8 Å². The molecule has 0 aliphatic heterocycles. The van der Waals surface area contributed by atoms with E-state index in [0.717, 1.165) is 0 Å². The van der Waals surface area contributed by atoms with Gasteiger partial charge in [-0.15, -0.1) is 0 Å². The summed E-state index contributed by atoms with van der Waals surface area (Å²) in [6, 6.07) is -7.66. The van der Waals surface area contributed by atoms with Crippen molar-refractivity contribution in [3.8, 4) is 0 Å². The first kappa shape index (κ1) is 48.4. The molecular weight excluding hydrogens is 737 g/mol. The molecule has 0 aliphatic carbocycles. The number of guanidine groups is 2. The number of amides is 6. The standard InChI is InChI=1S/C29H56N14O8S2/c30-10-2-1-5-19(27(50)51)42-24(47)17(7-4-12-38-29(35)36)40-23(46)16(6-3-11-37-28(33)34)41-26(49)20(14-53)43-25(48)18(8-9-21(32)44)39-22(45)15(31)13-52/h15-20,52-53H,1-14,30-31H2,(H2,32,44)(H,39,45)(H,40,46)(H,41,49)(H,42,47)(H,43,48)(H,50,51)(H4,33,34,37)(H4,35,36,38)/t15-,16-,17-,18-,19-,20-/m0/s1. The van der Waals surface area contributed by atoms with Crippen molar-refractivity contribution in [3.05, 3.63) is 0 Å². The lowest BCUT2D eigenvalue weighted by Gasteiger charge is -2.26. The lowest BCUT2D eigenvalue weighted by Crippen LogP contribution is -2.59. The topological polar surface area (TPSA) is 407 Å². The van der Waals surface area contributed by atoms with E-state index < -0.39 is 77.7 Å². The first-order valence-electron chi connectivity index (χ1n) is 16.8. The summed E-state index contributed by atoms with van der Waals surface area (Å²) in [6.07, 6.45) is 0.818. The summed E-state index contributed by atoms with van der Waals surface area (Å²) in [6.45, 7) is 0.482. The minimum atomic E-state index is -1.37. The van der Waals surface area contributed by atoms with Gasteiger partial charge in [0.1, 0.15) is 30.2 Å². The van der Waals surface area contributed by atoms with E-state index in [9.17, 15) is 38.7 Å². The highest BCUT2D eigenvalue weighted by molar-refractivity contribution is 7.80. The summed E-state index contributed by atoms with van der Waals surface area (Å²) in [5.41, 5.74) is 38.0. The third kappa shape index (κ3) is 21.5. The molecular formula is C29H56N14O8S2. The van der Waals surface area contributed by atoms with Crippen LogP contribution in [0.15, 0.2) is 9.98 Å². The molecule has 0 aromatic carbocycles. The minimum absolute atomic E-state index is 0.0250. The highest BCUT2D eigenvalue weighted by atomic mass is 32.1. The molecule has 24 heteroatoms. The molecule has 0 aromatic heterocycles. The second-order valence-electron chi connectivity index (χ2n) is 11.8. The van der Waals surface area contributed by atoms with Crippen molar-refractivity contribution in [3.63, 3.8) is 0 Å². The van der Waals surface area contributed by atoms with E-state index >= 15 is 0 Å². The maximum atomic E-state index is 13.7. The Morgan fingerprint density at radius 2 is 0.943 bits per heavy atom. The van der Waals surface area contributed by atoms with E-state index in [1.807, 2.05) is 0 Å². The number of rotatable bonds is 28. The largest absolute Gasteiger partial charge is 0.480 e. The predicted octanol–water partition coefficient (Wildman–Crippen LogP) is -5.82. The normalized spacial score (nSPS) is 14.1. The maximum absolute atomic E-state index is 13.7. The van der Waals surface area contributed by atoms with Crippen molar-refractivity contribution in [2.45, 2.75) is 94.0 Å². The molecule has 0 saturated heterocycles. The number of unbranched alkanes of at least 4 members (excludes halogenated alkanes) is 1. The third-order valence-corrected chi connectivity index (χ3v) is 8.14. The van der Waals surface area contributed by atoms with Crippen LogP contribution in [0, 0.1) is 0 Å². The predicted molar refractivity (Wildman–Crippen MR) is 204 cm³/mol. The van der Waals surface area contributed by atoms with Crippen molar-refractivity contribution < 1.29 is 38.7 Å². The number of carboxylic acid groups (broad SMARTS) is 1. The van der Waals surface area contributed by atoms with E-state index in [4.69, 9.17) is 40.1 Å². The van der Waals surface area contributed by atoms with Gasteiger partial charge in [-0.3, -0.25) is 38.8 Å². The van der Waals surface area contributed by atoms with Gasteiger partial charge >= 0.3 is 5.97 Å². The molecule has 53 heavy (non-hydrogen) atoms. The fourth-order valence-corrected chi connectivity index (χ4v) is 4.92. The molecule has 0 spiro atoms. The average Bonchev–Trinajstić information content (AvgIpc) is 3.09. The van der Waals surface area contributed by atoms with Gasteiger partial charge in [0.15, 0.2) is 11.9 Å². The van der Waals surface area contributed by atoms with Gasteiger partial charge in [-0.05, 0) is 57.9 Å². The molecule has 0 rings (SSSR count). The van der Waals surface area contributed by atoms with Crippen molar-refractivity contribution in [2.75, 3.05) is 31.1 Å². The van der Waals surface area contributed by atoms with Gasteiger partial charge < -0.3 is 71.8 Å². The highest BCUT2D eigenvalue weighted by Crippen LogP contribution is 2.08. The molecule has 0 bridgehead atoms. The van der Waals surface area contributed by atoms with E-state index in [-0.39, 0.29) is 81.5 Å². The van der Waals surface area contributed by atoms with Gasteiger partial charge in [0.05, 0.1) is 6.04 Å². The minimum Gasteiger partial charge on any atom is -0.480 e. The smallest absolute Gasteiger partial charge is 0.326 e. The molecule has 6 amide bonds. The zero-order valence-electron chi connectivity index (χ0n) is 29.5. The molecule has 0 aliphatic rings. The highest BCUT2D eigenvalue weighted by Gasteiger charge is 2.32. The van der Waals surface area contributed by atoms with Crippen LogP contribution in [0.2, 0.25) is 0 Å². The number of carbonyl (C=O) groups excluding carboxylic acids is 6. The SMILES string of the molecule is NCCCC[C@H](NC(=O)[C@H](CCCN=C(N)N)NC(=O)[C@H](CCCN=C(N)N)NC(=O)[C@H](CS)NC(=O)[C@H](CCC(N)=O)NC(=O)[C@@H](N)CS)C(=O)O. The van der Waals surface area contributed by atoms with Crippen LogP contribution in [0.5, 0.6) is 0 Å². The second kappa shape index (κ2) is 27.1. The summed E-state index contributed by atoms with van der Waals surface area (Å²) in [5, 5.41) is 22.0. The molecule has 302 valence electrons. The summed E-state index contributed by atoms with van der Waals surface area (Å²) in [5.74, 6) is -6.89. The van der Waals surface area contributed by atoms with Gasteiger partial charge in [-0.25, -0.2) is 4.79 Å². The van der Waals surface area contributed by atoms with Crippen molar-refractivity contribution in [1.82, 2.24) is 26.6 Å². The number of aliphatic carboxylic acids is 1. The summed E-state index contributed by atoms with van der Waals surface area (Å²) in [7, 11) is 0. The number of nitrogens with two attached hydrogens (primary N) is 7. The fourth-order valence-electron chi connectivity index (χ4n) is 4.50. The van der Waals surface area contributed by atoms with Crippen LogP contribution in [0.25, 0.3) is 0 Å². The Hall–Kier alpha value is -4.55. The van der Waals surface area contributed by atoms with Crippen LogP contribution < -0.4 is 66.7 Å². The first-order valence-corrected chi connectivity index (χ1v) is 18.0. The molecule has 0 fully saturated rings. The van der Waals surface area contributed by atoms with E-state index in [0.29, 0.717) is 19.4 Å². The fraction of sp³-hybridized carbons (Fsp3) is 0.690. The van der Waals surface area contributed by atoms with Gasteiger partial charge in [-0.2, -0.15) is 25.3 Å². The van der Waals surface area contributed by atoms with Crippen LogP contribution in [0.4, 0.5) is 0 Å². The molecule has 6 atom stereocenters. The van der Waals surface area contributed by atoms with Crippen LogP contribution >= 0.6 is 25.3 Å². The lowest BCUT2D eigenvalue weighted by molar-refractivity contribution is -0.142. The van der Waals surface area contributed by atoms with Crippen molar-refractivity contribution >= 4 is 78.6 Å². The molecule has 0 saturated carbocycles. The Morgan fingerprint density at radius 1 is 0.547 bits per heavy atom. The number of aliphatic imine (C=N–C) groups is 2. The third-order valence-electron chi connectivity index (χ3n) is 7.38. The van der Waals surface area contributed by atoms with Crippen molar-refractivity contribution in [1.29, 1.82) is 0 Å². The Bertz CT molecular complexity index is 1280. The number of carboxylic acids is 1. The zero-order chi connectivity index (χ0) is 40.5. The molecule has 22 nitrogen and oxygen atoms in total. The van der Waals surface area contributed by atoms with E-state index in [2.05, 4.69) is 61.8 Å². The first-order chi connectivity index (χ1) is 25.0. The van der Waals surface area contributed by atoms with Gasteiger partial charge in [0, 0.05) is 31.0 Å². The van der Waals surface area contributed by atoms with E-state index in [1.165, 1.54) is 0 Å². The quantitative estimate of drug-likeness (QED) is 0.0152. The molecule has 0 radical (unpaired) electrons. The second-order valence-corrected chi connectivity index (χ2v) is 12.5. The monoisotopic (exact) mass is 792 g/mol. The molecule has 0 unspecified atom stereocenters. The number of primary amides is 1. The number of hydrogen-bond acceptors (Lipinski definition) is 13. The zero-order valence-corrected chi connectivity index (χ0v) is 31.3. The Labute approximate surface area is 318 Å². The Balaban J connectivity index is 6.23. The van der Waals surface area contributed by atoms with Gasteiger partial charge in [0.2, 0.25) is 35.4 Å². The van der Waals surface area contributed by atoms with E-state index in [1.54, 1.807) is 0 Å². The average molecular weight is 793 g/mol.